The third-order valence-electron chi connectivity index (χ3n) is 4.66. The number of aliphatic imine (C=N–C) groups is 1. The van der Waals surface area contributed by atoms with E-state index in [1.54, 1.807) is 25.1 Å². The van der Waals surface area contributed by atoms with Crippen molar-refractivity contribution in [3.8, 4) is 11.8 Å². The molecule has 0 unspecified atom stereocenters. The minimum atomic E-state index is -0.236. The second kappa shape index (κ2) is 6.46. The highest BCUT2D eigenvalue weighted by molar-refractivity contribution is 5.88. The predicted molar refractivity (Wildman–Crippen MR) is 104 cm³/mol. The van der Waals surface area contributed by atoms with Crippen LogP contribution in [-0.2, 0) is 6.54 Å². The van der Waals surface area contributed by atoms with E-state index in [-0.39, 0.29) is 17.9 Å². The first kappa shape index (κ1) is 16.6. The molecule has 6 nitrogen and oxygen atoms in total. The quantitative estimate of drug-likeness (QED) is 0.552. The molecular formula is C21H16N4O2. The molecule has 0 spiro atoms. The molecule has 4 aromatic rings. The predicted octanol–water partition coefficient (Wildman–Crippen LogP) is 3.29. The van der Waals surface area contributed by atoms with E-state index in [0.29, 0.717) is 33.4 Å². The van der Waals surface area contributed by atoms with Gasteiger partial charge in [0.15, 0.2) is 0 Å². The fourth-order valence-corrected chi connectivity index (χ4v) is 3.23. The lowest BCUT2D eigenvalue weighted by Gasteiger charge is -2.06. The Morgan fingerprint density at radius 2 is 1.96 bits per heavy atom. The summed E-state index contributed by atoms with van der Waals surface area (Å²) in [6.07, 6.45) is 1.49. The third-order valence-corrected chi connectivity index (χ3v) is 4.66. The van der Waals surface area contributed by atoms with Crippen LogP contribution >= 0.6 is 0 Å². The summed E-state index contributed by atoms with van der Waals surface area (Å²) in [5, 5.41) is 19.5. The molecule has 0 radical (unpaired) electrons. The third kappa shape index (κ3) is 2.66. The van der Waals surface area contributed by atoms with Gasteiger partial charge in [-0.25, -0.2) is 0 Å². The molecule has 0 fully saturated rings. The number of nitrogens with one attached hydrogen (secondary N) is 1. The monoisotopic (exact) mass is 356 g/mol. The van der Waals surface area contributed by atoms with Crippen molar-refractivity contribution >= 4 is 22.9 Å². The SMILES string of the molecule is Cc1c(C=NCc2ccccc2O)c(=O)n2c([nH]c3ccccc32)c1C#N. The number of nitrogens with zero attached hydrogens (tertiary/aromatic N) is 3. The lowest BCUT2D eigenvalue weighted by atomic mass is 10.1. The lowest BCUT2D eigenvalue weighted by molar-refractivity contribution is 0.468. The minimum absolute atomic E-state index is 0.160. The number of phenols is 1. The fourth-order valence-electron chi connectivity index (χ4n) is 3.23. The van der Waals surface area contributed by atoms with E-state index in [1.165, 1.54) is 10.6 Å². The van der Waals surface area contributed by atoms with Crippen molar-refractivity contribution in [1.82, 2.24) is 9.38 Å². The van der Waals surface area contributed by atoms with Gasteiger partial charge in [-0.05, 0) is 30.7 Å². The summed E-state index contributed by atoms with van der Waals surface area (Å²) in [6.45, 7) is 1.98. The van der Waals surface area contributed by atoms with Crippen molar-refractivity contribution < 1.29 is 5.11 Å². The molecule has 0 aliphatic rings. The highest BCUT2D eigenvalue weighted by Crippen LogP contribution is 2.21. The summed E-state index contributed by atoms with van der Waals surface area (Å²) >= 11 is 0. The van der Waals surface area contributed by atoms with Gasteiger partial charge in [-0.15, -0.1) is 0 Å². The number of pyridine rings is 1. The van der Waals surface area contributed by atoms with E-state index in [0.717, 1.165) is 5.52 Å². The van der Waals surface area contributed by atoms with Crippen LogP contribution < -0.4 is 5.56 Å². The largest absolute Gasteiger partial charge is 0.508 e. The fraction of sp³-hybridized carbons (Fsp3) is 0.0952. The zero-order valence-electron chi connectivity index (χ0n) is 14.6. The van der Waals surface area contributed by atoms with Gasteiger partial charge in [0.25, 0.3) is 5.56 Å². The summed E-state index contributed by atoms with van der Waals surface area (Å²) in [5.74, 6) is 0.160. The Bertz CT molecular complexity index is 1310. The Kier molecular flexibility index (Phi) is 3.98. The van der Waals surface area contributed by atoms with Crippen LogP contribution in [0.3, 0.4) is 0 Å². The standard InChI is InChI=1S/C21H16N4O2/c1-13-15(10-22)20-24-17-7-3-4-8-18(17)25(20)21(27)16(13)12-23-11-14-6-2-5-9-19(14)26/h2-9,12,24,26H,11H2,1H3. The molecule has 4 rings (SSSR count). The number of rotatable bonds is 3. The van der Waals surface area contributed by atoms with Crippen molar-refractivity contribution in [3.63, 3.8) is 0 Å². The van der Waals surface area contributed by atoms with Crippen LogP contribution in [0.5, 0.6) is 5.75 Å². The second-order valence-corrected chi connectivity index (χ2v) is 6.26. The van der Waals surface area contributed by atoms with Gasteiger partial charge in [-0.2, -0.15) is 5.26 Å². The number of aromatic amines is 1. The van der Waals surface area contributed by atoms with Crippen LogP contribution in [0.2, 0.25) is 0 Å². The van der Waals surface area contributed by atoms with E-state index in [1.807, 2.05) is 30.3 Å². The molecule has 2 N–H and O–H groups in total. The van der Waals surface area contributed by atoms with Gasteiger partial charge >= 0.3 is 0 Å². The normalized spacial score (nSPS) is 11.4. The maximum absolute atomic E-state index is 13.1. The van der Waals surface area contributed by atoms with E-state index < -0.39 is 0 Å². The van der Waals surface area contributed by atoms with Gasteiger partial charge in [0, 0.05) is 11.8 Å². The number of aromatic hydroxyl groups is 1. The first-order chi connectivity index (χ1) is 13.1. The van der Waals surface area contributed by atoms with Crippen molar-refractivity contribution in [2.75, 3.05) is 0 Å². The zero-order chi connectivity index (χ0) is 19.0. The minimum Gasteiger partial charge on any atom is -0.508 e. The molecule has 0 saturated heterocycles. The molecule has 2 aromatic carbocycles. The van der Waals surface area contributed by atoms with Gasteiger partial charge in [0.05, 0.1) is 28.7 Å². The van der Waals surface area contributed by atoms with E-state index >= 15 is 0 Å². The van der Waals surface area contributed by atoms with Crippen molar-refractivity contribution in [3.05, 3.63) is 81.1 Å². The molecule has 27 heavy (non-hydrogen) atoms. The molecule has 2 aromatic heterocycles. The van der Waals surface area contributed by atoms with Crippen LogP contribution in [0.1, 0.15) is 22.3 Å². The molecule has 0 atom stereocenters. The van der Waals surface area contributed by atoms with Gasteiger partial charge in [-0.3, -0.25) is 14.2 Å². The number of hydrogen-bond acceptors (Lipinski definition) is 4. The number of aromatic nitrogens is 2. The number of fused-ring (bicyclic) bond motifs is 3. The Hall–Kier alpha value is -3.85. The number of para-hydroxylation sites is 3. The van der Waals surface area contributed by atoms with Crippen LogP contribution in [0.4, 0.5) is 0 Å². The van der Waals surface area contributed by atoms with Crippen molar-refractivity contribution in [2.24, 2.45) is 4.99 Å². The lowest BCUT2D eigenvalue weighted by Crippen LogP contribution is -2.20. The number of phenolic OH excluding ortho intramolecular Hbond substituents is 1. The molecular weight excluding hydrogens is 340 g/mol. The van der Waals surface area contributed by atoms with Gasteiger partial charge in [0.1, 0.15) is 17.5 Å². The molecule has 2 heterocycles. The topological polar surface area (TPSA) is 93.7 Å². The molecule has 0 aliphatic carbocycles. The first-order valence-corrected chi connectivity index (χ1v) is 8.44. The average molecular weight is 356 g/mol. The van der Waals surface area contributed by atoms with Gasteiger partial charge in [-0.1, -0.05) is 30.3 Å². The maximum atomic E-state index is 13.1. The van der Waals surface area contributed by atoms with Crippen LogP contribution in [-0.4, -0.2) is 20.7 Å². The Morgan fingerprint density at radius 1 is 1.22 bits per heavy atom. The summed E-state index contributed by atoms with van der Waals surface area (Å²) in [7, 11) is 0. The van der Waals surface area contributed by atoms with Crippen LogP contribution in [0, 0.1) is 18.3 Å². The van der Waals surface area contributed by atoms with Crippen molar-refractivity contribution in [2.45, 2.75) is 13.5 Å². The first-order valence-electron chi connectivity index (χ1n) is 8.44. The Labute approximate surface area is 154 Å². The van der Waals surface area contributed by atoms with E-state index in [9.17, 15) is 15.2 Å². The number of imidazole rings is 1. The molecule has 6 heteroatoms. The maximum Gasteiger partial charge on any atom is 0.265 e. The highest BCUT2D eigenvalue weighted by Gasteiger charge is 2.17. The molecule has 0 bridgehead atoms. The van der Waals surface area contributed by atoms with E-state index in [4.69, 9.17) is 0 Å². The molecule has 132 valence electrons. The smallest absolute Gasteiger partial charge is 0.265 e. The summed E-state index contributed by atoms with van der Waals surface area (Å²) in [4.78, 5) is 20.6. The van der Waals surface area contributed by atoms with Crippen LogP contribution in [0.25, 0.3) is 16.7 Å². The number of benzene rings is 2. The number of H-pyrrole nitrogens is 1. The average Bonchev–Trinajstić information content (AvgIpc) is 3.05. The Morgan fingerprint density at radius 3 is 2.74 bits per heavy atom. The van der Waals surface area contributed by atoms with Crippen LogP contribution in [0.15, 0.2) is 58.3 Å². The second-order valence-electron chi connectivity index (χ2n) is 6.26. The Balaban J connectivity index is 1.89. The van der Waals surface area contributed by atoms with Crippen molar-refractivity contribution in [1.29, 1.82) is 5.26 Å². The summed E-state index contributed by atoms with van der Waals surface area (Å²) < 4.78 is 1.52. The van der Waals surface area contributed by atoms with Gasteiger partial charge in [0.2, 0.25) is 0 Å². The van der Waals surface area contributed by atoms with Gasteiger partial charge < -0.3 is 10.1 Å². The molecule has 0 amide bonds. The molecule has 0 aliphatic heterocycles. The number of hydrogen-bond donors (Lipinski definition) is 2. The summed E-state index contributed by atoms with van der Waals surface area (Å²) in [6, 6.07) is 16.5. The highest BCUT2D eigenvalue weighted by atomic mass is 16.3. The molecule has 0 saturated carbocycles. The zero-order valence-corrected chi connectivity index (χ0v) is 14.6. The number of nitriles is 1. The van der Waals surface area contributed by atoms with E-state index in [2.05, 4.69) is 16.0 Å². The summed E-state index contributed by atoms with van der Waals surface area (Å²) in [5.41, 5.74) is 3.77.